The molecule has 1 aromatic heterocycles. The van der Waals surface area contributed by atoms with E-state index in [4.69, 9.17) is 4.74 Å². The Hall–Kier alpha value is -2.24. The Morgan fingerprint density at radius 2 is 1.96 bits per heavy atom. The lowest BCUT2D eigenvalue weighted by molar-refractivity contribution is 0.140. The molecular formula is C21H29F2N3O. The molecule has 0 atom stereocenters. The van der Waals surface area contributed by atoms with Crippen molar-refractivity contribution >= 4 is 11.4 Å². The minimum atomic E-state index is -2.69. The first-order valence-corrected chi connectivity index (χ1v) is 9.58. The van der Waals surface area contributed by atoms with Crippen molar-refractivity contribution in [1.29, 1.82) is 0 Å². The lowest BCUT2D eigenvalue weighted by atomic mass is 10.0. The number of hydrogen-bond donors (Lipinski definition) is 0. The quantitative estimate of drug-likeness (QED) is 0.409. The standard InChI is InChI=1S/C21H29F2N3O/c1-5-9-17(11-10-15(3)16(4)27-6-2)18-14-19(26-12-7-8-13-26)25-21(24-18)20(22)23/h10-11,14,20H,4-9,12-13H2,1-3H3/b15-10-,17-11+. The van der Waals surface area contributed by atoms with Crippen LogP contribution in [0, 0.1) is 0 Å². The Kier molecular flexibility index (Phi) is 7.95. The summed E-state index contributed by atoms with van der Waals surface area (Å²) in [7, 11) is 0. The van der Waals surface area contributed by atoms with Crippen LogP contribution in [-0.2, 0) is 4.74 Å². The van der Waals surface area contributed by atoms with Crippen molar-refractivity contribution in [3.05, 3.63) is 47.6 Å². The predicted molar refractivity (Wildman–Crippen MR) is 106 cm³/mol. The Morgan fingerprint density at radius 3 is 2.56 bits per heavy atom. The second-order valence-corrected chi connectivity index (χ2v) is 6.61. The summed E-state index contributed by atoms with van der Waals surface area (Å²) in [6, 6.07) is 1.83. The summed E-state index contributed by atoms with van der Waals surface area (Å²) in [4.78, 5) is 10.3. The molecule has 1 aliphatic rings. The van der Waals surface area contributed by atoms with Gasteiger partial charge in [0.1, 0.15) is 11.6 Å². The second-order valence-electron chi connectivity index (χ2n) is 6.61. The molecule has 1 saturated heterocycles. The number of aromatic nitrogens is 2. The first-order chi connectivity index (χ1) is 13.0. The van der Waals surface area contributed by atoms with E-state index in [1.807, 2.05) is 32.1 Å². The third-order valence-electron chi connectivity index (χ3n) is 4.50. The van der Waals surface area contributed by atoms with Crippen LogP contribution >= 0.6 is 0 Å². The highest BCUT2D eigenvalue weighted by Crippen LogP contribution is 2.27. The van der Waals surface area contributed by atoms with E-state index >= 15 is 0 Å². The van der Waals surface area contributed by atoms with Crippen molar-refractivity contribution in [3.8, 4) is 0 Å². The summed E-state index contributed by atoms with van der Waals surface area (Å²) in [6.07, 6.45) is 4.88. The average molecular weight is 377 g/mol. The number of rotatable bonds is 9. The largest absolute Gasteiger partial charge is 0.494 e. The number of ether oxygens (including phenoxy) is 1. The van der Waals surface area contributed by atoms with Gasteiger partial charge in [-0.05, 0) is 44.3 Å². The van der Waals surface area contributed by atoms with Gasteiger partial charge in [-0.25, -0.2) is 18.7 Å². The normalized spacial score (nSPS) is 15.6. The molecule has 0 aliphatic carbocycles. The molecule has 6 heteroatoms. The Labute approximate surface area is 160 Å². The van der Waals surface area contributed by atoms with E-state index in [9.17, 15) is 8.78 Å². The number of hydrogen-bond acceptors (Lipinski definition) is 4. The van der Waals surface area contributed by atoms with Crippen LogP contribution in [0.3, 0.4) is 0 Å². The molecular weight excluding hydrogens is 348 g/mol. The summed E-state index contributed by atoms with van der Waals surface area (Å²) >= 11 is 0. The fourth-order valence-corrected chi connectivity index (χ4v) is 3.00. The lowest BCUT2D eigenvalue weighted by Gasteiger charge is -2.18. The van der Waals surface area contributed by atoms with Crippen LogP contribution in [-0.4, -0.2) is 29.7 Å². The third-order valence-corrected chi connectivity index (χ3v) is 4.50. The molecule has 2 rings (SSSR count). The summed E-state index contributed by atoms with van der Waals surface area (Å²) in [5.41, 5.74) is 2.37. The average Bonchev–Trinajstić information content (AvgIpc) is 3.19. The number of allylic oxidation sites excluding steroid dienone is 4. The fraction of sp³-hybridized carbons (Fsp3) is 0.524. The van der Waals surface area contributed by atoms with Crippen molar-refractivity contribution in [1.82, 2.24) is 9.97 Å². The van der Waals surface area contributed by atoms with Crippen molar-refractivity contribution in [2.45, 2.75) is 52.9 Å². The van der Waals surface area contributed by atoms with Crippen molar-refractivity contribution in [3.63, 3.8) is 0 Å². The van der Waals surface area contributed by atoms with Crippen molar-refractivity contribution in [2.24, 2.45) is 0 Å². The van der Waals surface area contributed by atoms with E-state index in [0.29, 0.717) is 23.9 Å². The first-order valence-electron chi connectivity index (χ1n) is 9.58. The van der Waals surface area contributed by atoms with Gasteiger partial charge in [-0.2, -0.15) is 0 Å². The predicted octanol–water partition coefficient (Wildman–Crippen LogP) is 5.69. The molecule has 0 amide bonds. The van der Waals surface area contributed by atoms with Crippen LogP contribution in [0.25, 0.3) is 5.57 Å². The van der Waals surface area contributed by atoms with Gasteiger partial charge >= 0.3 is 0 Å². The molecule has 27 heavy (non-hydrogen) atoms. The molecule has 2 heterocycles. The lowest BCUT2D eigenvalue weighted by Crippen LogP contribution is -2.20. The van der Waals surface area contributed by atoms with Gasteiger partial charge in [0.15, 0.2) is 5.82 Å². The molecule has 0 spiro atoms. The van der Waals surface area contributed by atoms with Crippen LogP contribution in [0.5, 0.6) is 0 Å². The Balaban J connectivity index is 2.41. The molecule has 0 saturated carbocycles. The van der Waals surface area contributed by atoms with Gasteiger partial charge in [-0.3, -0.25) is 0 Å². The van der Waals surface area contributed by atoms with Crippen molar-refractivity contribution in [2.75, 3.05) is 24.6 Å². The smallest absolute Gasteiger partial charge is 0.297 e. The first kappa shape index (κ1) is 21.1. The molecule has 148 valence electrons. The zero-order valence-corrected chi connectivity index (χ0v) is 16.5. The van der Waals surface area contributed by atoms with Crippen molar-refractivity contribution < 1.29 is 13.5 Å². The zero-order chi connectivity index (χ0) is 19.8. The summed E-state index contributed by atoms with van der Waals surface area (Å²) in [5, 5.41) is 0. The molecule has 0 aromatic carbocycles. The van der Waals surface area contributed by atoms with Gasteiger partial charge in [0.25, 0.3) is 6.43 Å². The summed E-state index contributed by atoms with van der Waals surface area (Å²) < 4.78 is 32.1. The highest BCUT2D eigenvalue weighted by Gasteiger charge is 2.20. The zero-order valence-electron chi connectivity index (χ0n) is 16.5. The maximum absolute atomic E-state index is 13.4. The van der Waals surface area contributed by atoms with Gasteiger partial charge in [0.05, 0.1) is 12.3 Å². The minimum Gasteiger partial charge on any atom is -0.494 e. The van der Waals surface area contributed by atoms with Crippen LogP contribution < -0.4 is 4.90 Å². The van der Waals surface area contributed by atoms with Crippen LogP contribution in [0.2, 0.25) is 0 Å². The number of alkyl halides is 2. The molecule has 1 fully saturated rings. The van der Waals surface area contributed by atoms with Crippen LogP contribution in [0.4, 0.5) is 14.6 Å². The van der Waals surface area contributed by atoms with Crippen LogP contribution in [0.1, 0.15) is 64.4 Å². The van der Waals surface area contributed by atoms with Gasteiger partial charge in [0, 0.05) is 19.2 Å². The maximum atomic E-state index is 13.4. The van der Waals surface area contributed by atoms with Gasteiger partial charge in [0.2, 0.25) is 0 Å². The number of halogens is 2. The van der Waals surface area contributed by atoms with Gasteiger partial charge in [-0.15, -0.1) is 0 Å². The third kappa shape index (κ3) is 5.88. The van der Waals surface area contributed by atoms with E-state index < -0.39 is 12.2 Å². The van der Waals surface area contributed by atoms with E-state index in [1.165, 1.54) is 0 Å². The van der Waals surface area contributed by atoms with E-state index in [1.54, 1.807) is 0 Å². The van der Waals surface area contributed by atoms with E-state index in [0.717, 1.165) is 49.9 Å². The molecule has 0 radical (unpaired) electrons. The molecule has 0 unspecified atom stereocenters. The van der Waals surface area contributed by atoms with Crippen LogP contribution in [0.15, 0.2) is 36.1 Å². The molecule has 1 aliphatic heterocycles. The number of anilines is 1. The molecule has 4 nitrogen and oxygen atoms in total. The molecule has 0 N–H and O–H groups in total. The van der Waals surface area contributed by atoms with Gasteiger partial charge < -0.3 is 9.64 Å². The highest BCUT2D eigenvalue weighted by molar-refractivity contribution is 5.67. The fourth-order valence-electron chi connectivity index (χ4n) is 3.00. The second kappa shape index (κ2) is 10.2. The Morgan fingerprint density at radius 1 is 1.26 bits per heavy atom. The van der Waals surface area contributed by atoms with E-state index in [2.05, 4.69) is 28.4 Å². The summed E-state index contributed by atoms with van der Waals surface area (Å²) in [5.74, 6) is 0.795. The topological polar surface area (TPSA) is 38.2 Å². The van der Waals surface area contributed by atoms with E-state index in [-0.39, 0.29) is 0 Å². The minimum absolute atomic E-state index is 0.407. The van der Waals surface area contributed by atoms with Gasteiger partial charge in [-0.1, -0.05) is 32.1 Å². The SMILES string of the molecule is C=C(OCC)/C(C)=C\C=C(/CCC)c1cc(N2CCCC2)nc(C(F)F)n1. The molecule has 1 aromatic rings. The molecule has 0 bridgehead atoms. The summed E-state index contributed by atoms with van der Waals surface area (Å²) in [6.45, 7) is 12.0. The Bertz CT molecular complexity index is 707. The number of nitrogens with zero attached hydrogens (tertiary/aromatic N) is 3. The monoisotopic (exact) mass is 377 g/mol. The maximum Gasteiger partial charge on any atom is 0.297 e. The highest BCUT2D eigenvalue weighted by atomic mass is 19.3.